The van der Waals surface area contributed by atoms with Gasteiger partial charge >= 0.3 is 5.97 Å². The van der Waals surface area contributed by atoms with Gasteiger partial charge in [-0.15, -0.1) is 0 Å². The van der Waals surface area contributed by atoms with E-state index in [1.54, 1.807) is 7.11 Å². The molecule has 0 radical (unpaired) electrons. The fourth-order valence-electron chi connectivity index (χ4n) is 2.05. The molecule has 1 unspecified atom stereocenters. The number of halogens is 1. The summed E-state index contributed by atoms with van der Waals surface area (Å²) in [6.07, 6.45) is 0.689. The van der Waals surface area contributed by atoms with Crippen LogP contribution in [0.15, 0.2) is 22.7 Å². The lowest BCUT2D eigenvalue weighted by Crippen LogP contribution is -2.29. The molecule has 1 rings (SSSR count). The molecule has 4 nitrogen and oxygen atoms in total. The summed E-state index contributed by atoms with van der Waals surface area (Å²) in [6.45, 7) is 5.20. The summed E-state index contributed by atoms with van der Waals surface area (Å²) in [6, 6.07) is 5.84. The molecule has 0 spiro atoms. The van der Waals surface area contributed by atoms with Crippen molar-refractivity contribution in [3.05, 3.63) is 28.2 Å². The van der Waals surface area contributed by atoms with Gasteiger partial charge in [-0.1, -0.05) is 19.9 Å². The monoisotopic (exact) mass is 343 g/mol. The SMILES string of the molecule is COc1ccc(CNCC(CC(C)C)C(=O)O)cc1Br. The molecular weight excluding hydrogens is 322 g/mol. The molecule has 0 fully saturated rings. The number of hydrogen-bond donors (Lipinski definition) is 2. The van der Waals surface area contributed by atoms with Crippen LogP contribution in [0.25, 0.3) is 0 Å². The number of rotatable bonds is 8. The zero-order valence-corrected chi connectivity index (χ0v) is 13.7. The van der Waals surface area contributed by atoms with Crippen molar-refractivity contribution in [2.45, 2.75) is 26.8 Å². The molecule has 0 bridgehead atoms. The normalized spacial score (nSPS) is 12.4. The van der Waals surface area contributed by atoms with Crippen LogP contribution in [0.1, 0.15) is 25.8 Å². The molecule has 0 saturated heterocycles. The van der Waals surface area contributed by atoms with E-state index in [1.807, 2.05) is 32.0 Å². The lowest BCUT2D eigenvalue weighted by Gasteiger charge is -2.15. The molecule has 0 aromatic heterocycles. The molecule has 0 aliphatic rings. The average molecular weight is 344 g/mol. The molecule has 1 aromatic rings. The quantitative estimate of drug-likeness (QED) is 0.760. The van der Waals surface area contributed by atoms with Crippen LogP contribution in [-0.2, 0) is 11.3 Å². The van der Waals surface area contributed by atoms with Crippen LogP contribution in [0.3, 0.4) is 0 Å². The first-order chi connectivity index (χ1) is 9.43. The van der Waals surface area contributed by atoms with Crippen LogP contribution in [0.2, 0.25) is 0 Å². The molecule has 0 heterocycles. The Hall–Kier alpha value is -1.07. The highest BCUT2D eigenvalue weighted by Gasteiger charge is 2.18. The molecule has 5 heteroatoms. The molecular formula is C15H22BrNO3. The van der Waals surface area contributed by atoms with Gasteiger partial charge < -0.3 is 15.2 Å². The highest BCUT2D eigenvalue weighted by atomic mass is 79.9. The Kier molecular flexibility index (Phi) is 7.02. The highest BCUT2D eigenvalue weighted by Crippen LogP contribution is 2.25. The molecule has 20 heavy (non-hydrogen) atoms. The Morgan fingerprint density at radius 1 is 1.45 bits per heavy atom. The van der Waals surface area contributed by atoms with Gasteiger partial charge in [-0.3, -0.25) is 4.79 Å². The average Bonchev–Trinajstić information content (AvgIpc) is 2.37. The van der Waals surface area contributed by atoms with E-state index < -0.39 is 5.97 Å². The maximum atomic E-state index is 11.2. The first-order valence-corrected chi connectivity index (χ1v) is 7.49. The summed E-state index contributed by atoms with van der Waals surface area (Å²) in [5.41, 5.74) is 1.09. The Morgan fingerprint density at radius 2 is 2.15 bits per heavy atom. The van der Waals surface area contributed by atoms with E-state index in [0.29, 0.717) is 25.4 Å². The van der Waals surface area contributed by atoms with Crippen molar-refractivity contribution < 1.29 is 14.6 Å². The number of carbonyl (C=O) groups is 1. The van der Waals surface area contributed by atoms with E-state index in [1.165, 1.54) is 0 Å². The van der Waals surface area contributed by atoms with E-state index in [0.717, 1.165) is 15.8 Å². The van der Waals surface area contributed by atoms with Crippen LogP contribution in [-0.4, -0.2) is 24.7 Å². The Bertz CT molecular complexity index is 449. The number of benzene rings is 1. The molecule has 112 valence electrons. The van der Waals surface area contributed by atoms with Crippen LogP contribution in [0.5, 0.6) is 5.75 Å². The van der Waals surface area contributed by atoms with E-state index in [4.69, 9.17) is 9.84 Å². The lowest BCUT2D eigenvalue weighted by molar-refractivity contribution is -0.142. The first-order valence-electron chi connectivity index (χ1n) is 6.70. The number of hydrogen-bond acceptors (Lipinski definition) is 3. The summed E-state index contributed by atoms with van der Waals surface area (Å²) in [5, 5.41) is 12.4. The van der Waals surface area contributed by atoms with Gasteiger partial charge in [0.1, 0.15) is 5.75 Å². The van der Waals surface area contributed by atoms with Crippen molar-refractivity contribution in [2.75, 3.05) is 13.7 Å². The van der Waals surface area contributed by atoms with Crippen molar-refractivity contribution in [1.82, 2.24) is 5.32 Å². The molecule has 0 aliphatic carbocycles. The Morgan fingerprint density at radius 3 is 2.65 bits per heavy atom. The van der Waals surface area contributed by atoms with E-state index in [9.17, 15) is 4.79 Å². The second kappa shape index (κ2) is 8.27. The largest absolute Gasteiger partial charge is 0.496 e. The van der Waals surface area contributed by atoms with Crippen molar-refractivity contribution in [1.29, 1.82) is 0 Å². The van der Waals surface area contributed by atoms with Gasteiger partial charge in [0.2, 0.25) is 0 Å². The fourth-order valence-corrected chi connectivity index (χ4v) is 2.64. The molecule has 0 saturated carbocycles. The smallest absolute Gasteiger partial charge is 0.307 e. The maximum absolute atomic E-state index is 11.2. The summed E-state index contributed by atoms with van der Waals surface area (Å²) in [5.74, 6) is 0.101. The summed E-state index contributed by atoms with van der Waals surface area (Å²) in [7, 11) is 1.63. The highest BCUT2D eigenvalue weighted by molar-refractivity contribution is 9.10. The van der Waals surface area contributed by atoms with Gasteiger partial charge in [-0.05, 0) is 46.0 Å². The molecule has 2 N–H and O–H groups in total. The third-order valence-corrected chi connectivity index (χ3v) is 3.66. The summed E-state index contributed by atoms with van der Waals surface area (Å²) < 4.78 is 6.07. The van der Waals surface area contributed by atoms with Crippen LogP contribution >= 0.6 is 15.9 Å². The number of carboxylic acids is 1. The van der Waals surface area contributed by atoms with Crippen molar-refractivity contribution in [2.24, 2.45) is 11.8 Å². The number of aliphatic carboxylic acids is 1. The predicted molar refractivity (Wildman–Crippen MR) is 83.0 cm³/mol. The van der Waals surface area contributed by atoms with Gasteiger partial charge in [0.05, 0.1) is 17.5 Å². The van der Waals surface area contributed by atoms with Crippen LogP contribution < -0.4 is 10.1 Å². The number of carboxylic acid groups (broad SMARTS) is 1. The fraction of sp³-hybridized carbons (Fsp3) is 0.533. The van der Waals surface area contributed by atoms with Crippen molar-refractivity contribution in [3.8, 4) is 5.75 Å². The number of nitrogens with one attached hydrogen (secondary N) is 1. The minimum absolute atomic E-state index is 0.336. The maximum Gasteiger partial charge on any atom is 0.307 e. The first kappa shape index (κ1) is 17.0. The molecule has 0 aliphatic heterocycles. The second-order valence-corrected chi connectivity index (χ2v) is 6.12. The minimum atomic E-state index is -0.734. The van der Waals surface area contributed by atoms with Crippen molar-refractivity contribution >= 4 is 21.9 Å². The van der Waals surface area contributed by atoms with Gasteiger partial charge in [-0.25, -0.2) is 0 Å². The number of methoxy groups -OCH3 is 1. The standard InChI is InChI=1S/C15H22BrNO3/c1-10(2)6-12(15(18)19)9-17-8-11-4-5-14(20-3)13(16)7-11/h4-5,7,10,12,17H,6,8-9H2,1-3H3,(H,18,19). The zero-order valence-electron chi connectivity index (χ0n) is 12.1. The summed E-state index contributed by atoms with van der Waals surface area (Å²) >= 11 is 3.44. The Labute approximate surface area is 128 Å². The van der Waals surface area contributed by atoms with Gasteiger partial charge in [0.25, 0.3) is 0 Å². The van der Waals surface area contributed by atoms with E-state index in [-0.39, 0.29) is 5.92 Å². The predicted octanol–water partition coefficient (Wildman–Crippen LogP) is 3.29. The Balaban J connectivity index is 2.50. The second-order valence-electron chi connectivity index (χ2n) is 5.26. The zero-order chi connectivity index (χ0) is 15.1. The number of ether oxygens (including phenoxy) is 1. The van der Waals surface area contributed by atoms with Crippen molar-refractivity contribution in [3.63, 3.8) is 0 Å². The third kappa shape index (κ3) is 5.51. The minimum Gasteiger partial charge on any atom is -0.496 e. The van der Waals surface area contributed by atoms with Gasteiger partial charge in [0.15, 0.2) is 0 Å². The molecule has 1 atom stereocenters. The lowest BCUT2D eigenvalue weighted by atomic mass is 9.97. The van der Waals surface area contributed by atoms with Crippen LogP contribution in [0, 0.1) is 11.8 Å². The van der Waals surface area contributed by atoms with E-state index in [2.05, 4.69) is 21.2 Å². The van der Waals surface area contributed by atoms with Gasteiger partial charge in [0, 0.05) is 13.1 Å². The van der Waals surface area contributed by atoms with Gasteiger partial charge in [-0.2, -0.15) is 0 Å². The summed E-state index contributed by atoms with van der Waals surface area (Å²) in [4.78, 5) is 11.2. The van der Waals surface area contributed by atoms with E-state index >= 15 is 0 Å². The topological polar surface area (TPSA) is 58.6 Å². The van der Waals surface area contributed by atoms with Crippen LogP contribution in [0.4, 0.5) is 0 Å². The molecule has 0 amide bonds. The third-order valence-electron chi connectivity index (χ3n) is 3.04. The molecule has 1 aromatic carbocycles.